The Kier molecular flexibility index (Phi) is 7.24. The fraction of sp³-hybridized carbons (Fsp3) is 0.269. The van der Waals surface area contributed by atoms with E-state index in [-0.39, 0.29) is 23.0 Å². The third-order valence-corrected chi connectivity index (χ3v) is 6.14. The zero-order chi connectivity index (χ0) is 24.2. The average Bonchev–Trinajstić information content (AvgIpc) is 3.60. The number of benzene rings is 2. The quantitative estimate of drug-likeness (QED) is 0.450. The van der Waals surface area contributed by atoms with Crippen molar-refractivity contribution < 1.29 is 14.0 Å². The first-order valence-electron chi connectivity index (χ1n) is 11.1. The lowest BCUT2D eigenvalue weighted by molar-refractivity contribution is 0.102. The van der Waals surface area contributed by atoms with Crippen LogP contribution >= 0.6 is 11.6 Å². The molecular formula is C26H26ClFN4O2. The molecule has 2 aromatic carbocycles. The van der Waals surface area contributed by atoms with Gasteiger partial charge in [0.25, 0.3) is 11.8 Å². The summed E-state index contributed by atoms with van der Waals surface area (Å²) in [5.74, 6) is -0.0713. The van der Waals surface area contributed by atoms with E-state index in [2.05, 4.69) is 34.6 Å². The van der Waals surface area contributed by atoms with Crippen LogP contribution in [0.5, 0.6) is 0 Å². The summed E-state index contributed by atoms with van der Waals surface area (Å²) < 4.78 is 13.9. The van der Waals surface area contributed by atoms with Gasteiger partial charge in [-0.25, -0.2) is 9.37 Å². The minimum absolute atomic E-state index is 0.0107. The molecule has 1 aliphatic rings. The second-order valence-corrected chi connectivity index (χ2v) is 9.21. The molecule has 2 N–H and O–H groups in total. The maximum absolute atomic E-state index is 13.9. The molecule has 1 aromatic heterocycles. The van der Waals surface area contributed by atoms with Gasteiger partial charge in [0.15, 0.2) is 0 Å². The molecule has 2 atom stereocenters. The summed E-state index contributed by atoms with van der Waals surface area (Å²) in [4.78, 5) is 31.8. The Bertz CT molecular complexity index is 1180. The molecule has 176 valence electrons. The van der Waals surface area contributed by atoms with Gasteiger partial charge < -0.3 is 15.5 Å². The van der Waals surface area contributed by atoms with Crippen molar-refractivity contribution in [3.8, 4) is 0 Å². The number of aromatic nitrogens is 1. The first kappa shape index (κ1) is 23.9. The van der Waals surface area contributed by atoms with Crippen molar-refractivity contribution in [1.82, 2.24) is 9.88 Å². The van der Waals surface area contributed by atoms with Gasteiger partial charge in [-0.3, -0.25) is 9.59 Å². The number of amides is 2. The van der Waals surface area contributed by atoms with Gasteiger partial charge in [-0.2, -0.15) is 0 Å². The molecular weight excluding hydrogens is 455 g/mol. The molecule has 2 unspecified atom stereocenters. The number of pyridine rings is 1. The van der Waals surface area contributed by atoms with Crippen LogP contribution < -0.4 is 10.6 Å². The Labute approximate surface area is 203 Å². The number of nitrogens with zero attached hydrogens (tertiary/aromatic N) is 2. The third kappa shape index (κ3) is 5.98. The maximum Gasteiger partial charge on any atom is 0.259 e. The third-order valence-electron chi connectivity index (χ3n) is 5.91. The summed E-state index contributed by atoms with van der Waals surface area (Å²) in [5, 5.41) is 5.73. The largest absolute Gasteiger partial charge is 0.321 e. The molecule has 1 aliphatic carbocycles. The highest BCUT2D eigenvalue weighted by Gasteiger charge is 2.37. The van der Waals surface area contributed by atoms with Crippen LogP contribution in [0.1, 0.15) is 45.0 Å². The molecule has 34 heavy (non-hydrogen) atoms. The van der Waals surface area contributed by atoms with E-state index in [1.165, 1.54) is 42.8 Å². The molecule has 6 nitrogen and oxygen atoms in total. The van der Waals surface area contributed by atoms with Gasteiger partial charge in [-0.05, 0) is 93.3 Å². The minimum atomic E-state index is -0.600. The Balaban J connectivity index is 1.43. The average molecular weight is 481 g/mol. The van der Waals surface area contributed by atoms with Crippen LogP contribution in [0.4, 0.5) is 15.9 Å². The van der Waals surface area contributed by atoms with E-state index in [4.69, 9.17) is 11.6 Å². The van der Waals surface area contributed by atoms with E-state index in [1.807, 2.05) is 12.1 Å². The standard InChI is InChI=1S/C26H26ClFN4O2/c1-32(2)12-11-18-13-21(18)16-3-5-17(6-4-16)25(33)30-23-9-8-20(28)14-22(23)26(34)31-24-10-7-19(27)15-29-24/h3-10,14-15,18,21H,11-13H2,1-2H3,(H,30,33)(H,29,31,34). The predicted molar refractivity (Wildman–Crippen MR) is 132 cm³/mol. The Hall–Kier alpha value is -3.29. The van der Waals surface area contributed by atoms with E-state index in [1.54, 1.807) is 18.2 Å². The van der Waals surface area contributed by atoms with Crippen molar-refractivity contribution in [3.63, 3.8) is 0 Å². The van der Waals surface area contributed by atoms with E-state index in [0.29, 0.717) is 22.4 Å². The smallest absolute Gasteiger partial charge is 0.259 e. The van der Waals surface area contributed by atoms with Gasteiger partial charge in [0.05, 0.1) is 16.3 Å². The first-order chi connectivity index (χ1) is 16.3. The summed E-state index contributed by atoms with van der Waals surface area (Å²) in [6.07, 6.45) is 3.73. The van der Waals surface area contributed by atoms with Crippen LogP contribution in [0.2, 0.25) is 5.02 Å². The van der Waals surface area contributed by atoms with Crippen molar-refractivity contribution in [2.45, 2.75) is 18.8 Å². The van der Waals surface area contributed by atoms with Crippen LogP contribution in [-0.2, 0) is 0 Å². The van der Waals surface area contributed by atoms with Gasteiger partial charge in [0, 0.05) is 11.8 Å². The molecule has 3 aromatic rings. The molecule has 0 saturated heterocycles. The monoisotopic (exact) mass is 480 g/mol. The Morgan fingerprint density at radius 3 is 2.50 bits per heavy atom. The highest BCUT2D eigenvalue weighted by atomic mass is 35.5. The minimum Gasteiger partial charge on any atom is -0.321 e. The second-order valence-electron chi connectivity index (χ2n) is 8.78. The molecule has 0 radical (unpaired) electrons. The lowest BCUT2D eigenvalue weighted by Gasteiger charge is -2.12. The number of rotatable bonds is 8. The molecule has 1 fully saturated rings. The van der Waals surface area contributed by atoms with Crippen LogP contribution in [0.3, 0.4) is 0 Å². The van der Waals surface area contributed by atoms with Crippen molar-refractivity contribution >= 4 is 34.9 Å². The second kappa shape index (κ2) is 10.3. The van der Waals surface area contributed by atoms with Gasteiger partial charge in [-0.1, -0.05) is 23.7 Å². The number of hydrogen-bond donors (Lipinski definition) is 2. The lowest BCUT2D eigenvalue weighted by Crippen LogP contribution is -2.19. The van der Waals surface area contributed by atoms with Crippen molar-refractivity contribution in [2.24, 2.45) is 5.92 Å². The number of anilines is 2. The van der Waals surface area contributed by atoms with E-state index < -0.39 is 11.7 Å². The molecule has 1 saturated carbocycles. The summed E-state index contributed by atoms with van der Waals surface area (Å²) in [5.41, 5.74) is 1.89. The molecule has 4 rings (SSSR count). The zero-order valence-electron chi connectivity index (χ0n) is 19.0. The fourth-order valence-corrected chi connectivity index (χ4v) is 4.03. The van der Waals surface area contributed by atoms with Crippen LogP contribution in [0, 0.1) is 11.7 Å². The Morgan fingerprint density at radius 1 is 1.06 bits per heavy atom. The van der Waals surface area contributed by atoms with Crippen LogP contribution in [-0.4, -0.2) is 42.3 Å². The summed E-state index contributed by atoms with van der Waals surface area (Å²) >= 11 is 5.82. The summed E-state index contributed by atoms with van der Waals surface area (Å²) in [6.45, 7) is 1.07. The number of carbonyl (C=O) groups excluding carboxylic acids is 2. The highest BCUT2D eigenvalue weighted by molar-refractivity contribution is 6.30. The number of nitrogens with one attached hydrogen (secondary N) is 2. The van der Waals surface area contributed by atoms with Gasteiger partial charge in [0.2, 0.25) is 0 Å². The molecule has 0 spiro atoms. The van der Waals surface area contributed by atoms with Gasteiger partial charge in [-0.15, -0.1) is 0 Å². The van der Waals surface area contributed by atoms with Crippen LogP contribution in [0.15, 0.2) is 60.8 Å². The van der Waals surface area contributed by atoms with Crippen LogP contribution in [0.25, 0.3) is 0 Å². The molecule has 0 aliphatic heterocycles. The lowest BCUT2D eigenvalue weighted by atomic mass is 10.0. The van der Waals surface area contributed by atoms with E-state index in [9.17, 15) is 14.0 Å². The summed E-state index contributed by atoms with van der Waals surface area (Å²) in [6, 6.07) is 14.3. The van der Waals surface area contributed by atoms with Crippen molar-refractivity contribution in [1.29, 1.82) is 0 Å². The van der Waals surface area contributed by atoms with E-state index in [0.717, 1.165) is 12.6 Å². The number of hydrogen-bond acceptors (Lipinski definition) is 4. The normalized spacial score (nSPS) is 16.9. The summed E-state index contributed by atoms with van der Waals surface area (Å²) in [7, 11) is 4.16. The first-order valence-corrected chi connectivity index (χ1v) is 11.5. The number of halogens is 2. The predicted octanol–water partition coefficient (Wildman–Crippen LogP) is 5.43. The zero-order valence-corrected chi connectivity index (χ0v) is 19.8. The SMILES string of the molecule is CN(C)CCC1CC1c1ccc(C(=O)Nc2ccc(F)cc2C(=O)Nc2ccc(Cl)cn2)cc1. The topological polar surface area (TPSA) is 74.3 Å². The van der Waals surface area contributed by atoms with Crippen molar-refractivity contribution in [2.75, 3.05) is 31.3 Å². The molecule has 8 heteroatoms. The molecule has 1 heterocycles. The fourth-order valence-electron chi connectivity index (χ4n) is 3.92. The molecule has 0 bridgehead atoms. The van der Waals surface area contributed by atoms with Gasteiger partial charge in [0.1, 0.15) is 11.6 Å². The highest BCUT2D eigenvalue weighted by Crippen LogP contribution is 2.49. The maximum atomic E-state index is 13.9. The van der Waals surface area contributed by atoms with E-state index >= 15 is 0 Å². The van der Waals surface area contributed by atoms with Gasteiger partial charge >= 0.3 is 0 Å². The molecule has 2 amide bonds. The Morgan fingerprint density at radius 2 is 1.82 bits per heavy atom. The van der Waals surface area contributed by atoms with Crippen molar-refractivity contribution in [3.05, 3.63) is 88.3 Å². The number of carbonyl (C=O) groups is 2.